The van der Waals surface area contributed by atoms with Gasteiger partial charge in [-0.15, -0.1) is 0 Å². The molecule has 0 fully saturated rings. The summed E-state index contributed by atoms with van der Waals surface area (Å²) in [6, 6.07) is -1.38. The summed E-state index contributed by atoms with van der Waals surface area (Å²) in [6.45, 7) is -6.73. The third-order valence-electron chi connectivity index (χ3n) is 0.744. The van der Waals surface area contributed by atoms with Gasteiger partial charge in [0.15, 0.2) is 0 Å². The molecular formula is C8H10BrNO. The van der Waals surface area contributed by atoms with Gasteiger partial charge in [0, 0.05) is 20.4 Å². The minimum atomic E-state index is -3.38. The number of nitrogens with zero attached hydrogens (tertiary/aromatic N) is 1. The Kier molecular flexibility index (Phi) is 0.751. The summed E-state index contributed by atoms with van der Waals surface area (Å²) in [5, 5.41) is 0. The van der Waals surface area contributed by atoms with E-state index in [0.717, 1.165) is 0 Å². The van der Waals surface area contributed by atoms with E-state index in [1.807, 2.05) is 0 Å². The molecule has 0 aliphatic rings. The summed E-state index contributed by atoms with van der Waals surface area (Å²) in [4.78, 5) is 3.47. The third-order valence-corrected chi connectivity index (χ3v) is 1.12. The molecule has 11 heavy (non-hydrogen) atoms. The quantitative estimate of drug-likeness (QED) is 0.723. The first-order valence-corrected chi connectivity index (χ1v) is 3.34. The lowest BCUT2D eigenvalue weighted by Crippen LogP contribution is -2.05. The van der Waals surface area contributed by atoms with Crippen LogP contribution in [0.3, 0.4) is 0 Å². The lowest BCUT2D eigenvalue weighted by atomic mass is 10.4. The molecule has 0 saturated carbocycles. The van der Waals surface area contributed by atoms with Crippen molar-refractivity contribution in [1.29, 1.82) is 0 Å². The highest BCUT2D eigenvalue weighted by molar-refractivity contribution is 9.10. The average Bonchev–Trinajstić information content (AvgIpc) is 2.29. The van der Waals surface area contributed by atoms with Crippen molar-refractivity contribution in [3.8, 4) is 5.75 Å². The van der Waals surface area contributed by atoms with Crippen LogP contribution in [0.4, 0.5) is 0 Å². The zero-order valence-corrected chi connectivity index (χ0v) is 6.82. The SMILES string of the molecule is [2H]c1nc(Br)c([2H])c(OC([2H])(C([2H])([2H])[2H])C([2H])([2H])[2H])c1[2H]. The molecule has 1 heterocycles. The third kappa shape index (κ3) is 2.89. The first-order chi connectivity index (χ1) is 9.22. The van der Waals surface area contributed by atoms with E-state index >= 15 is 0 Å². The van der Waals surface area contributed by atoms with Gasteiger partial charge in [-0.1, -0.05) is 0 Å². The molecule has 60 valence electrons. The largest absolute Gasteiger partial charge is 0.491 e. The second kappa shape index (κ2) is 3.72. The Morgan fingerprint density at radius 2 is 2.73 bits per heavy atom. The maximum absolute atomic E-state index is 7.68. The van der Waals surface area contributed by atoms with E-state index in [1.54, 1.807) is 0 Å². The van der Waals surface area contributed by atoms with Crippen LogP contribution in [0.2, 0.25) is 0 Å². The van der Waals surface area contributed by atoms with E-state index in [2.05, 4.69) is 20.9 Å². The Balaban J connectivity index is 3.50. The van der Waals surface area contributed by atoms with Gasteiger partial charge in [0.1, 0.15) is 10.4 Å². The van der Waals surface area contributed by atoms with Crippen molar-refractivity contribution in [2.75, 3.05) is 0 Å². The minimum absolute atomic E-state index is 0.225. The summed E-state index contributed by atoms with van der Waals surface area (Å²) in [6.07, 6.45) is -4.02. The van der Waals surface area contributed by atoms with E-state index in [1.165, 1.54) is 0 Å². The van der Waals surface area contributed by atoms with Crippen LogP contribution >= 0.6 is 15.9 Å². The summed E-state index contributed by atoms with van der Waals surface area (Å²) in [5.74, 6) is -0.802. The highest BCUT2D eigenvalue weighted by Gasteiger charge is 1.97. The van der Waals surface area contributed by atoms with Crippen molar-refractivity contribution in [2.24, 2.45) is 0 Å². The normalized spacial score (nSPS) is 26.6. The number of ether oxygens (including phenoxy) is 1. The van der Waals surface area contributed by atoms with E-state index in [0.29, 0.717) is 0 Å². The molecule has 2 nitrogen and oxygen atoms in total. The molecule has 1 rings (SSSR count). The fourth-order valence-corrected chi connectivity index (χ4v) is 0.703. The van der Waals surface area contributed by atoms with Crippen molar-refractivity contribution in [1.82, 2.24) is 4.98 Å². The molecule has 0 saturated heterocycles. The van der Waals surface area contributed by atoms with Gasteiger partial charge in [-0.25, -0.2) is 4.98 Å². The maximum Gasteiger partial charge on any atom is 0.123 e. The molecule has 1 aromatic rings. The van der Waals surface area contributed by atoms with Crippen LogP contribution in [0, 0.1) is 0 Å². The Labute approximate surface area is 88.8 Å². The lowest BCUT2D eigenvalue weighted by Gasteiger charge is -2.08. The fraction of sp³-hybridized carbons (Fsp3) is 0.375. The number of rotatable bonds is 2. The molecule has 0 N–H and O–H groups in total. The summed E-state index contributed by atoms with van der Waals surface area (Å²) in [7, 11) is 0. The van der Waals surface area contributed by atoms with Gasteiger partial charge >= 0.3 is 0 Å². The Morgan fingerprint density at radius 3 is 3.45 bits per heavy atom. The van der Waals surface area contributed by atoms with Gasteiger partial charge in [-0.2, -0.15) is 0 Å². The number of hydrogen-bond acceptors (Lipinski definition) is 2. The number of halogens is 1. The van der Waals surface area contributed by atoms with Crippen molar-refractivity contribution in [3.63, 3.8) is 0 Å². The van der Waals surface area contributed by atoms with E-state index < -0.39 is 43.8 Å². The Hall–Kier alpha value is -0.570. The molecule has 1 aromatic heterocycles. The van der Waals surface area contributed by atoms with Gasteiger partial charge < -0.3 is 4.74 Å². The number of hydrogen-bond donors (Lipinski definition) is 0. The average molecular weight is 226 g/mol. The van der Waals surface area contributed by atoms with Gasteiger partial charge in [0.05, 0.1) is 11.6 Å². The molecule has 0 unspecified atom stereocenters. The second-order valence-corrected chi connectivity index (χ2v) is 2.28. The van der Waals surface area contributed by atoms with Crippen molar-refractivity contribution in [3.05, 3.63) is 22.9 Å². The lowest BCUT2D eigenvalue weighted by molar-refractivity contribution is 0.242. The van der Waals surface area contributed by atoms with Gasteiger partial charge in [-0.05, 0) is 35.7 Å². The van der Waals surface area contributed by atoms with Gasteiger partial charge in [-0.3, -0.25) is 0 Å². The van der Waals surface area contributed by atoms with Gasteiger partial charge in [0.25, 0.3) is 0 Å². The fourth-order valence-electron chi connectivity index (χ4n) is 0.434. The van der Waals surface area contributed by atoms with Crippen LogP contribution in [-0.4, -0.2) is 11.1 Å². The Morgan fingerprint density at radius 1 is 1.91 bits per heavy atom. The van der Waals surface area contributed by atoms with Crippen molar-refractivity contribution < 1.29 is 18.4 Å². The monoisotopic (exact) mass is 225 g/mol. The summed E-state index contributed by atoms with van der Waals surface area (Å²) >= 11 is 2.82. The molecule has 3 heteroatoms. The molecule has 0 spiro atoms. The topological polar surface area (TPSA) is 22.1 Å². The van der Waals surface area contributed by atoms with Crippen molar-refractivity contribution >= 4 is 15.9 Å². The second-order valence-electron chi connectivity index (χ2n) is 1.52. The molecule has 0 atom stereocenters. The molecule has 0 aliphatic carbocycles. The number of aromatic nitrogens is 1. The molecule has 0 aromatic carbocycles. The van der Waals surface area contributed by atoms with Crippen LogP contribution in [0.1, 0.15) is 27.4 Å². The highest BCUT2D eigenvalue weighted by atomic mass is 79.9. The summed E-state index contributed by atoms with van der Waals surface area (Å²) < 4.78 is 78.0. The first kappa shape index (κ1) is 2.22. The van der Waals surface area contributed by atoms with Crippen LogP contribution < -0.4 is 4.74 Å². The van der Waals surface area contributed by atoms with Crippen LogP contribution in [-0.2, 0) is 0 Å². The summed E-state index contributed by atoms with van der Waals surface area (Å²) in [5.41, 5.74) is 0. The van der Waals surface area contributed by atoms with E-state index in [4.69, 9.17) is 18.4 Å². The van der Waals surface area contributed by atoms with Crippen LogP contribution in [0.25, 0.3) is 0 Å². The minimum Gasteiger partial charge on any atom is -0.491 e. The van der Waals surface area contributed by atoms with E-state index in [-0.39, 0.29) is 4.60 Å². The predicted molar refractivity (Wildman–Crippen MR) is 47.7 cm³/mol. The highest BCUT2D eigenvalue weighted by Crippen LogP contribution is 2.15. The molecule has 0 bridgehead atoms. The van der Waals surface area contributed by atoms with Crippen LogP contribution in [0.5, 0.6) is 5.75 Å². The van der Waals surface area contributed by atoms with Gasteiger partial charge in [0.2, 0.25) is 0 Å². The molecule has 0 radical (unpaired) electrons. The van der Waals surface area contributed by atoms with Crippen molar-refractivity contribution in [2.45, 2.75) is 19.8 Å². The number of pyridine rings is 1. The molecular weight excluding hydrogens is 206 g/mol. The zero-order valence-electron chi connectivity index (χ0n) is 15.2. The predicted octanol–water partition coefficient (Wildman–Crippen LogP) is 2.63. The van der Waals surface area contributed by atoms with Crippen LogP contribution in [0.15, 0.2) is 22.9 Å². The molecule has 0 amide bonds. The first-order valence-electron chi connectivity index (χ1n) is 7.54. The Bertz CT molecular complexity index is 513. The maximum atomic E-state index is 7.68. The van der Waals surface area contributed by atoms with E-state index in [9.17, 15) is 0 Å². The zero-order chi connectivity index (χ0) is 16.8. The molecule has 0 aliphatic heterocycles. The smallest absolute Gasteiger partial charge is 0.123 e. The standard InChI is InChI=1S/C8H10BrNO/c1-6(2)11-7-3-4-10-8(9)5-7/h3-6H,1-2H3/i1D3,2D3,3D,4D,5D,6D.